The van der Waals surface area contributed by atoms with E-state index in [9.17, 15) is 4.79 Å². The Balaban J connectivity index is 1.59. The first-order chi connectivity index (χ1) is 14.7. The van der Waals surface area contributed by atoms with Gasteiger partial charge in [-0.05, 0) is 67.0 Å². The SMILES string of the molecule is C=CCc1cc2c(cc1OC1C=CCCC1)CCC(=O)N2C/C=C/c1ccccc1. The van der Waals surface area contributed by atoms with E-state index in [2.05, 4.69) is 55.1 Å². The van der Waals surface area contributed by atoms with Gasteiger partial charge in [0.2, 0.25) is 5.91 Å². The zero-order valence-electron chi connectivity index (χ0n) is 17.4. The van der Waals surface area contributed by atoms with Gasteiger partial charge in [-0.15, -0.1) is 6.58 Å². The maximum absolute atomic E-state index is 12.7. The highest BCUT2D eigenvalue weighted by atomic mass is 16.5. The summed E-state index contributed by atoms with van der Waals surface area (Å²) in [5.41, 5.74) is 4.42. The molecule has 1 amide bonds. The van der Waals surface area contributed by atoms with Crippen molar-refractivity contribution in [1.82, 2.24) is 0 Å². The summed E-state index contributed by atoms with van der Waals surface area (Å²) in [6, 6.07) is 14.5. The van der Waals surface area contributed by atoms with Crippen LogP contribution in [0.25, 0.3) is 6.08 Å². The maximum atomic E-state index is 12.7. The largest absolute Gasteiger partial charge is 0.486 e. The lowest BCUT2D eigenvalue weighted by atomic mass is 9.96. The summed E-state index contributed by atoms with van der Waals surface area (Å²) in [6.45, 7) is 4.48. The predicted octanol–water partition coefficient (Wildman–Crippen LogP) is 5.90. The van der Waals surface area contributed by atoms with Gasteiger partial charge in [-0.25, -0.2) is 0 Å². The molecule has 2 aliphatic rings. The minimum absolute atomic E-state index is 0.135. The van der Waals surface area contributed by atoms with Gasteiger partial charge in [0.1, 0.15) is 11.9 Å². The summed E-state index contributed by atoms with van der Waals surface area (Å²) in [5, 5.41) is 0. The van der Waals surface area contributed by atoms with E-state index in [0.717, 1.165) is 48.2 Å². The van der Waals surface area contributed by atoms with E-state index in [-0.39, 0.29) is 12.0 Å². The van der Waals surface area contributed by atoms with Crippen molar-refractivity contribution >= 4 is 17.7 Å². The van der Waals surface area contributed by atoms with Crippen LogP contribution in [-0.4, -0.2) is 18.6 Å². The standard InChI is InChI=1S/C27H29NO2/c1-2-10-23-19-25-22(20-26(23)30-24-14-7-4-8-15-24)16-17-27(29)28(25)18-9-13-21-11-5-3-6-12-21/h2-3,5-7,9,11-14,19-20,24H,1,4,8,10,15-18H2/b13-9+. The van der Waals surface area contributed by atoms with Crippen molar-refractivity contribution in [2.75, 3.05) is 11.4 Å². The van der Waals surface area contributed by atoms with Crippen molar-refractivity contribution in [1.29, 1.82) is 0 Å². The number of benzene rings is 2. The summed E-state index contributed by atoms with van der Waals surface area (Å²) in [4.78, 5) is 14.6. The van der Waals surface area contributed by atoms with Gasteiger partial charge < -0.3 is 9.64 Å². The van der Waals surface area contributed by atoms with E-state index in [1.807, 2.05) is 29.2 Å². The zero-order chi connectivity index (χ0) is 20.8. The Kier molecular flexibility index (Phi) is 6.48. The Labute approximate surface area is 179 Å². The summed E-state index contributed by atoms with van der Waals surface area (Å²) < 4.78 is 6.35. The first-order valence-electron chi connectivity index (χ1n) is 10.9. The molecule has 30 heavy (non-hydrogen) atoms. The first-order valence-corrected chi connectivity index (χ1v) is 10.9. The quantitative estimate of drug-likeness (QED) is 0.543. The van der Waals surface area contributed by atoms with E-state index >= 15 is 0 Å². The monoisotopic (exact) mass is 399 g/mol. The molecular weight excluding hydrogens is 370 g/mol. The van der Waals surface area contributed by atoms with Crippen LogP contribution in [0, 0.1) is 0 Å². The molecule has 0 spiro atoms. The third-order valence-electron chi connectivity index (χ3n) is 5.71. The Morgan fingerprint density at radius 3 is 2.80 bits per heavy atom. The molecule has 1 unspecified atom stereocenters. The highest BCUT2D eigenvalue weighted by Crippen LogP contribution is 2.35. The number of aryl methyl sites for hydroxylation is 1. The summed E-state index contributed by atoms with van der Waals surface area (Å²) in [7, 11) is 0. The molecule has 0 saturated carbocycles. The molecule has 2 aromatic rings. The second kappa shape index (κ2) is 9.62. The lowest BCUT2D eigenvalue weighted by molar-refractivity contribution is -0.118. The normalized spacial score (nSPS) is 18.5. The molecule has 2 aromatic carbocycles. The van der Waals surface area contributed by atoms with Crippen LogP contribution in [0.2, 0.25) is 0 Å². The van der Waals surface area contributed by atoms with E-state index in [4.69, 9.17) is 4.74 Å². The molecule has 0 bridgehead atoms. The second-order valence-electron chi connectivity index (χ2n) is 7.91. The van der Waals surface area contributed by atoms with Gasteiger partial charge in [-0.2, -0.15) is 0 Å². The minimum Gasteiger partial charge on any atom is -0.486 e. The Hall–Kier alpha value is -3.07. The number of amides is 1. The fourth-order valence-electron chi connectivity index (χ4n) is 4.14. The van der Waals surface area contributed by atoms with E-state index < -0.39 is 0 Å². The summed E-state index contributed by atoms with van der Waals surface area (Å²) in [5.74, 6) is 1.10. The topological polar surface area (TPSA) is 29.5 Å². The number of rotatable bonds is 7. The number of allylic oxidation sites excluding steroid dienone is 2. The van der Waals surface area contributed by atoms with Gasteiger partial charge in [0, 0.05) is 18.7 Å². The van der Waals surface area contributed by atoms with Gasteiger partial charge in [0.25, 0.3) is 0 Å². The van der Waals surface area contributed by atoms with Gasteiger partial charge in [0.05, 0.1) is 0 Å². The van der Waals surface area contributed by atoms with Gasteiger partial charge in [-0.3, -0.25) is 4.79 Å². The highest BCUT2D eigenvalue weighted by molar-refractivity contribution is 5.97. The van der Waals surface area contributed by atoms with Crippen LogP contribution >= 0.6 is 0 Å². The molecule has 3 nitrogen and oxygen atoms in total. The van der Waals surface area contributed by atoms with Crippen LogP contribution in [0.5, 0.6) is 5.75 Å². The summed E-state index contributed by atoms with van der Waals surface area (Å²) in [6.07, 6.45) is 15.9. The smallest absolute Gasteiger partial charge is 0.227 e. The Bertz CT molecular complexity index is 958. The molecule has 0 fully saturated rings. The summed E-state index contributed by atoms with van der Waals surface area (Å²) >= 11 is 0. The van der Waals surface area contributed by atoms with Crippen LogP contribution in [-0.2, 0) is 17.6 Å². The number of carbonyl (C=O) groups excluding carboxylic acids is 1. The number of ether oxygens (including phenoxy) is 1. The molecule has 4 rings (SSSR count). The molecule has 0 radical (unpaired) electrons. The average molecular weight is 400 g/mol. The van der Waals surface area contributed by atoms with Crippen molar-refractivity contribution in [3.8, 4) is 5.75 Å². The fourth-order valence-corrected chi connectivity index (χ4v) is 4.14. The number of fused-ring (bicyclic) bond motifs is 1. The first kappa shape index (κ1) is 20.2. The molecule has 1 atom stereocenters. The van der Waals surface area contributed by atoms with E-state index in [0.29, 0.717) is 13.0 Å². The third kappa shape index (κ3) is 4.73. The fraction of sp³-hybridized carbons (Fsp3) is 0.296. The molecular formula is C27H29NO2. The van der Waals surface area contributed by atoms with Crippen LogP contribution in [0.15, 0.2) is 73.3 Å². The highest BCUT2D eigenvalue weighted by Gasteiger charge is 2.25. The average Bonchev–Trinajstić information content (AvgIpc) is 2.78. The molecule has 0 N–H and O–H groups in total. The van der Waals surface area contributed by atoms with Crippen LogP contribution < -0.4 is 9.64 Å². The van der Waals surface area contributed by atoms with Crippen molar-refractivity contribution in [2.45, 2.75) is 44.6 Å². The molecule has 1 aliphatic heterocycles. The number of nitrogens with zero attached hydrogens (tertiary/aromatic N) is 1. The van der Waals surface area contributed by atoms with E-state index in [1.54, 1.807) is 0 Å². The maximum Gasteiger partial charge on any atom is 0.227 e. The van der Waals surface area contributed by atoms with E-state index in [1.165, 1.54) is 12.0 Å². The Morgan fingerprint density at radius 2 is 2.03 bits per heavy atom. The molecule has 154 valence electrons. The van der Waals surface area contributed by atoms with Crippen molar-refractivity contribution in [3.63, 3.8) is 0 Å². The lowest BCUT2D eigenvalue weighted by Crippen LogP contribution is -2.35. The van der Waals surface area contributed by atoms with Crippen molar-refractivity contribution in [2.24, 2.45) is 0 Å². The van der Waals surface area contributed by atoms with Crippen molar-refractivity contribution in [3.05, 3.63) is 90.0 Å². The number of anilines is 1. The molecule has 1 heterocycles. The van der Waals surface area contributed by atoms with Crippen LogP contribution in [0.1, 0.15) is 42.4 Å². The molecule has 3 heteroatoms. The minimum atomic E-state index is 0.135. The van der Waals surface area contributed by atoms with Crippen LogP contribution in [0.3, 0.4) is 0 Å². The second-order valence-corrected chi connectivity index (χ2v) is 7.91. The molecule has 1 aliphatic carbocycles. The van der Waals surface area contributed by atoms with Crippen molar-refractivity contribution < 1.29 is 9.53 Å². The number of hydrogen-bond donors (Lipinski definition) is 0. The number of carbonyl (C=O) groups is 1. The molecule has 0 saturated heterocycles. The predicted molar refractivity (Wildman–Crippen MR) is 124 cm³/mol. The molecule has 0 aromatic heterocycles. The number of hydrogen-bond acceptors (Lipinski definition) is 2. The lowest BCUT2D eigenvalue weighted by Gasteiger charge is -2.30. The van der Waals surface area contributed by atoms with Gasteiger partial charge in [-0.1, -0.05) is 54.6 Å². The van der Waals surface area contributed by atoms with Crippen LogP contribution in [0.4, 0.5) is 5.69 Å². The third-order valence-corrected chi connectivity index (χ3v) is 5.71. The van der Waals surface area contributed by atoms with Gasteiger partial charge in [0.15, 0.2) is 0 Å². The Morgan fingerprint density at radius 1 is 1.17 bits per heavy atom. The van der Waals surface area contributed by atoms with Gasteiger partial charge >= 0.3 is 0 Å². The zero-order valence-corrected chi connectivity index (χ0v) is 17.4.